The van der Waals surface area contributed by atoms with Crippen LogP contribution in [0.25, 0.3) is 0 Å². The van der Waals surface area contributed by atoms with Gasteiger partial charge in [-0.15, -0.1) is 0 Å². The molecule has 0 bridgehead atoms. The van der Waals surface area contributed by atoms with E-state index < -0.39 is 0 Å². The van der Waals surface area contributed by atoms with Crippen LogP contribution in [-0.2, 0) is 0 Å². The molecule has 2 aromatic rings. The van der Waals surface area contributed by atoms with Gasteiger partial charge < -0.3 is 5.32 Å². The van der Waals surface area contributed by atoms with Crippen molar-refractivity contribution in [2.45, 2.75) is 38.1 Å². The van der Waals surface area contributed by atoms with Crippen molar-refractivity contribution in [2.75, 3.05) is 5.32 Å². The van der Waals surface area contributed by atoms with E-state index in [-0.39, 0.29) is 0 Å². The van der Waals surface area contributed by atoms with E-state index in [2.05, 4.69) is 27.1 Å². The van der Waals surface area contributed by atoms with Gasteiger partial charge >= 0.3 is 0 Å². The molecule has 1 aromatic carbocycles. The lowest BCUT2D eigenvalue weighted by Crippen LogP contribution is -2.23. The van der Waals surface area contributed by atoms with Crippen molar-refractivity contribution < 1.29 is 0 Å². The third-order valence-corrected chi connectivity index (χ3v) is 3.72. The molecule has 0 atom stereocenters. The first-order chi connectivity index (χ1) is 10.4. The highest BCUT2D eigenvalue weighted by atomic mass is 15.1. The number of rotatable bonds is 2. The molecule has 1 fully saturated rings. The molecule has 1 N–H and O–H groups in total. The second kappa shape index (κ2) is 6.90. The van der Waals surface area contributed by atoms with Crippen molar-refractivity contribution in [3.8, 4) is 11.8 Å². The SMILES string of the molecule is C(#Cc1cnc(NC2CCCCC2)nc1)c1ccccc1. The van der Waals surface area contributed by atoms with E-state index in [1.807, 2.05) is 30.3 Å². The van der Waals surface area contributed by atoms with E-state index in [0.717, 1.165) is 11.1 Å². The molecule has 0 spiro atoms. The van der Waals surface area contributed by atoms with Crippen molar-refractivity contribution in [3.05, 3.63) is 53.9 Å². The smallest absolute Gasteiger partial charge is 0.222 e. The van der Waals surface area contributed by atoms with Gasteiger partial charge in [0.1, 0.15) is 0 Å². The Kier molecular flexibility index (Phi) is 4.48. The highest BCUT2D eigenvalue weighted by molar-refractivity contribution is 5.41. The summed E-state index contributed by atoms with van der Waals surface area (Å²) in [5.41, 5.74) is 1.84. The summed E-state index contributed by atoms with van der Waals surface area (Å²) in [5.74, 6) is 6.92. The van der Waals surface area contributed by atoms with Gasteiger partial charge in [0, 0.05) is 24.0 Å². The summed E-state index contributed by atoms with van der Waals surface area (Å²) in [7, 11) is 0. The van der Waals surface area contributed by atoms with Crippen molar-refractivity contribution in [1.82, 2.24) is 9.97 Å². The Balaban J connectivity index is 1.63. The Hall–Kier alpha value is -2.34. The van der Waals surface area contributed by atoms with Gasteiger partial charge in [0.05, 0.1) is 5.56 Å². The molecule has 3 nitrogen and oxygen atoms in total. The van der Waals surface area contributed by atoms with Crippen LogP contribution in [0.2, 0.25) is 0 Å². The minimum absolute atomic E-state index is 0.528. The third kappa shape index (κ3) is 4.06. The van der Waals surface area contributed by atoms with Crippen LogP contribution in [0.1, 0.15) is 43.2 Å². The minimum Gasteiger partial charge on any atom is -0.351 e. The first-order valence-corrected chi connectivity index (χ1v) is 7.56. The highest BCUT2D eigenvalue weighted by Gasteiger charge is 2.13. The number of nitrogens with one attached hydrogen (secondary N) is 1. The summed E-state index contributed by atoms with van der Waals surface area (Å²) in [4.78, 5) is 8.72. The Morgan fingerprint density at radius 3 is 2.24 bits per heavy atom. The molecule has 0 aliphatic heterocycles. The number of hydrogen-bond acceptors (Lipinski definition) is 3. The number of anilines is 1. The fourth-order valence-corrected chi connectivity index (χ4v) is 2.56. The summed E-state index contributed by atoms with van der Waals surface area (Å²) in [6.07, 6.45) is 9.98. The van der Waals surface area contributed by atoms with Gasteiger partial charge in [-0.2, -0.15) is 0 Å². The second-order valence-corrected chi connectivity index (χ2v) is 5.39. The first kappa shape index (κ1) is 13.6. The monoisotopic (exact) mass is 277 g/mol. The largest absolute Gasteiger partial charge is 0.351 e. The predicted molar refractivity (Wildman–Crippen MR) is 84.9 cm³/mol. The maximum absolute atomic E-state index is 4.36. The summed E-state index contributed by atoms with van der Waals surface area (Å²) in [6, 6.07) is 10.5. The molecule has 1 heterocycles. The van der Waals surface area contributed by atoms with Crippen molar-refractivity contribution in [2.24, 2.45) is 0 Å². The molecule has 1 aromatic heterocycles. The topological polar surface area (TPSA) is 37.8 Å². The predicted octanol–water partition coefficient (Wildman–Crippen LogP) is 3.62. The van der Waals surface area contributed by atoms with Gasteiger partial charge in [-0.25, -0.2) is 9.97 Å². The van der Waals surface area contributed by atoms with Gasteiger partial charge in [0.2, 0.25) is 5.95 Å². The van der Waals surface area contributed by atoms with Crippen molar-refractivity contribution in [1.29, 1.82) is 0 Å². The summed E-state index contributed by atoms with van der Waals surface area (Å²) >= 11 is 0. The molecular formula is C18H19N3. The van der Waals surface area contributed by atoms with Crippen LogP contribution < -0.4 is 5.32 Å². The molecule has 0 saturated heterocycles. The molecule has 0 radical (unpaired) electrons. The van der Waals surface area contributed by atoms with Crippen LogP contribution in [0, 0.1) is 11.8 Å². The van der Waals surface area contributed by atoms with Crippen molar-refractivity contribution in [3.63, 3.8) is 0 Å². The summed E-state index contributed by atoms with van der Waals surface area (Å²) in [5, 5.41) is 3.41. The molecule has 1 saturated carbocycles. The van der Waals surface area contributed by atoms with Gasteiger partial charge in [-0.3, -0.25) is 0 Å². The van der Waals surface area contributed by atoms with Crippen LogP contribution >= 0.6 is 0 Å². The van der Waals surface area contributed by atoms with E-state index >= 15 is 0 Å². The zero-order valence-corrected chi connectivity index (χ0v) is 12.0. The highest BCUT2D eigenvalue weighted by Crippen LogP contribution is 2.19. The van der Waals surface area contributed by atoms with E-state index in [9.17, 15) is 0 Å². The first-order valence-electron chi connectivity index (χ1n) is 7.56. The Morgan fingerprint density at radius 2 is 1.52 bits per heavy atom. The van der Waals surface area contributed by atoms with Gasteiger partial charge in [0.15, 0.2) is 0 Å². The average molecular weight is 277 g/mol. The molecule has 106 valence electrons. The molecule has 0 amide bonds. The van der Waals surface area contributed by atoms with E-state index in [0.29, 0.717) is 12.0 Å². The fraction of sp³-hybridized carbons (Fsp3) is 0.333. The number of nitrogens with zero attached hydrogens (tertiary/aromatic N) is 2. The van der Waals surface area contributed by atoms with Crippen LogP contribution in [0.3, 0.4) is 0 Å². The lowest BCUT2D eigenvalue weighted by atomic mass is 9.96. The molecule has 1 aliphatic carbocycles. The molecular weight excluding hydrogens is 258 g/mol. The lowest BCUT2D eigenvalue weighted by Gasteiger charge is -2.22. The van der Waals surface area contributed by atoms with Crippen LogP contribution in [0.4, 0.5) is 5.95 Å². The lowest BCUT2D eigenvalue weighted by molar-refractivity contribution is 0.461. The minimum atomic E-state index is 0.528. The third-order valence-electron chi connectivity index (χ3n) is 3.72. The number of aromatic nitrogens is 2. The van der Waals surface area contributed by atoms with Crippen molar-refractivity contribution >= 4 is 5.95 Å². The normalized spacial score (nSPS) is 15.0. The van der Waals surface area contributed by atoms with Gasteiger partial charge in [0.25, 0.3) is 0 Å². The number of hydrogen-bond donors (Lipinski definition) is 1. The molecule has 21 heavy (non-hydrogen) atoms. The Morgan fingerprint density at radius 1 is 0.857 bits per heavy atom. The van der Waals surface area contributed by atoms with Crippen LogP contribution in [0.15, 0.2) is 42.7 Å². The molecule has 1 aliphatic rings. The van der Waals surface area contributed by atoms with E-state index in [1.54, 1.807) is 12.4 Å². The maximum Gasteiger partial charge on any atom is 0.222 e. The summed E-state index contributed by atoms with van der Waals surface area (Å²) in [6.45, 7) is 0. The molecule has 3 heteroatoms. The average Bonchev–Trinajstić information content (AvgIpc) is 2.56. The zero-order chi connectivity index (χ0) is 14.3. The molecule has 3 rings (SSSR count). The Bertz CT molecular complexity index is 617. The quantitative estimate of drug-likeness (QED) is 0.852. The zero-order valence-electron chi connectivity index (χ0n) is 12.0. The summed E-state index contributed by atoms with van der Waals surface area (Å²) < 4.78 is 0. The standard InChI is InChI=1S/C18H19N3/c1-3-7-15(8-4-1)11-12-16-13-19-18(20-14-16)21-17-9-5-2-6-10-17/h1,3-4,7-8,13-14,17H,2,5-6,9-10H2,(H,19,20,21). The second-order valence-electron chi connectivity index (χ2n) is 5.39. The maximum atomic E-state index is 4.36. The van der Waals surface area contributed by atoms with E-state index in [1.165, 1.54) is 32.1 Å². The molecule has 0 unspecified atom stereocenters. The van der Waals surface area contributed by atoms with Gasteiger partial charge in [-0.05, 0) is 25.0 Å². The van der Waals surface area contributed by atoms with Gasteiger partial charge in [-0.1, -0.05) is 49.3 Å². The van der Waals surface area contributed by atoms with Crippen LogP contribution in [-0.4, -0.2) is 16.0 Å². The van der Waals surface area contributed by atoms with Crippen LogP contribution in [0.5, 0.6) is 0 Å². The fourth-order valence-electron chi connectivity index (χ4n) is 2.56. The number of benzene rings is 1. The van der Waals surface area contributed by atoms with E-state index in [4.69, 9.17) is 0 Å². The Labute approximate surface area is 125 Å².